The lowest BCUT2D eigenvalue weighted by molar-refractivity contribution is -0.128. The number of nitrogens with one attached hydrogen (secondary N) is 1. The van der Waals surface area contributed by atoms with Crippen molar-refractivity contribution in [2.24, 2.45) is 5.73 Å². The Kier molecular flexibility index (Phi) is 5.76. The van der Waals surface area contributed by atoms with E-state index in [9.17, 15) is 9.59 Å². The van der Waals surface area contributed by atoms with Gasteiger partial charge in [-0.1, -0.05) is 48.5 Å². The monoisotopic (exact) mass is 367 g/mol. The molecule has 6 nitrogen and oxygen atoms in total. The Morgan fingerprint density at radius 3 is 2.48 bits per heavy atom. The van der Waals surface area contributed by atoms with Gasteiger partial charge in [-0.05, 0) is 24.6 Å². The number of likely N-dealkylation sites (tertiary alicyclic amines) is 1. The normalized spacial score (nSPS) is 18.8. The van der Waals surface area contributed by atoms with E-state index in [0.29, 0.717) is 19.7 Å². The van der Waals surface area contributed by atoms with Crippen LogP contribution in [0.15, 0.2) is 60.7 Å². The molecule has 3 rings (SSSR count). The van der Waals surface area contributed by atoms with Crippen molar-refractivity contribution in [3.63, 3.8) is 0 Å². The second-order valence-electron chi connectivity index (χ2n) is 6.94. The zero-order valence-corrected chi connectivity index (χ0v) is 15.4. The smallest absolute Gasteiger partial charge is 0.244 e. The third-order valence-electron chi connectivity index (χ3n) is 4.77. The van der Waals surface area contributed by atoms with E-state index in [1.54, 1.807) is 11.8 Å². The largest absolute Gasteiger partial charge is 0.492 e. The molecule has 6 heteroatoms. The molecule has 3 N–H and O–H groups in total. The lowest BCUT2D eigenvalue weighted by Crippen LogP contribution is -2.52. The molecule has 2 unspecified atom stereocenters. The van der Waals surface area contributed by atoms with Crippen LogP contribution in [-0.2, 0) is 15.1 Å². The summed E-state index contributed by atoms with van der Waals surface area (Å²) in [6.45, 7) is 3.04. The van der Waals surface area contributed by atoms with Crippen LogP contribution in [0.3, 0.4) is 0 Å². The predicted octanol–water partition coefficient (Wildman–Crippen LogP) is 1.66. The van der Waals surface area contributed by atoms with Gasteiger partial charge in [0.05, 0.1) is 12.6 Å². The van der Waals surface area contributed by atoms with E-state index in [-0.39, 0.29) is 24.3 Å². The molecule has 0 aliphatic carbocycles. The Labute approximate surface area is 159 Å². The van der Waals surface area contributed by atoms with Gasteiger partial charge in [0, 0.05) is 13.0 Å². The number of para-hydroxylation sites is 1. The maximum absolute atomic E-state index is 12.6. The van der Waals surface area contributed by atoms with Crippen molar-refractivity contribution in [3.05, 3.63) is 66.2 Å². The van der Waals surface area contributed by atoms with Gasteiger partial charge in [-0.15, -0.1) is 0 Å². The third-order valence-corrected chi connectivity index (χ3v) is 4.77. The molecule has 1 fully saturated rings. The molecule has 2 aromatic carbocycles. The highest BCUT2D eigenvalue weighted by molar-refractivity contribution is 5.88. The fourth-order valence-electron chi connectivity index (χ4n) is 3.13. The predicted molar refractivity (Wildman–Crippen MR) is 103 cm³/mol. The first-order valence-corrected chi connectivity index (χ1v) is 9.08. The van der Waals surface area contributed by atoms with Crippen LogP contribution in [0.4, 0.5) is 0 Å². The number of carbonyl (C=O) groups is 2. The van der Waals surface area contributed by atoms with E-state index in [1.165, 1.54) is 0 Å². The molecule has 0 saturated carbocycles. The highest BCUT2D eigenvalue weighted by Crippen LogP contribution is 2.19. The molecule has 1 aliphatic rings. The highest BCUT2D eigenvalue weighted by atomic mass is 16.5. The molecule has 0 aromatic heterocycles. The molecule has 0 radical (unpaired) electrons. The number of hydrogen-bond donors (Lipinski definition) is 2. The molecular formula is C21H25N3O3. The summed E-state index contributed by atoms with van der Waals surface area (Å²) in [5, 5.41) is 2.92. The molecule has 0 spiro atoms. The third kappa shape index (κ3) is 4.65. The fraction of sp³-hybridized carbons (Fsp3) is 0.333. The second kappa shape index (κ2) is 8.22. The number of nitrogens with zero attached hydrogens (tertiary/aromatic N) is 1. The SMILES string of the molecule is CC(N)(C(=O)NC1CC(=O)N(CCOc2ccccc2)C1)c1ccccc1. The number of carbonyl (C=O) groups excluding carboxylic acids is 2. The van der Waals surface area contributed by atoms with Gasteiger partial charge in [-0.2, -0.15) is 0 Å². The Hall–Kier alpha value is -2.86. The summed E-state index contributed by atoms with van der Waals surface area (Å²) in [7, 11) is 0. The molecule has 0 bridgehead atoms. The van der Waals surface area contributed by atoms with Gasteiger partial charge in [0.2, 0.25) is 11.8 Å². The summed E-state index contributed by atoms with van der Waals surface area (Å²) in [5.74, 6) is 0.500. The Morgan fingerprint density at radius 2 is 1.81 bits per heavy atom. The molecular weight excluding hydrogens is 342 g/mol. The van der Waals surface area contributed by atoms with E-state index in [0.717, 1.165) is 11.3 Å². The van der Waals surface area contributed by atoms with Crippen molar-refractivity contribution in [3.8, 4) is 5.75 Å². The van der Waals surface area contributed by atoms with Crippen molar-refractivity contribution < 1.29 is 14.3 Å². The molecule has 1 saturated heterocycles. The lowest BCUT2D eigenvalue weighted by atomic mass is 9.92. The van der Waals surface area contributed by atoms with Crippen LogP contribution < -0.4 is 15.8 Å². The average molecular weight is 367 g/mol. The minimum Gasteiger partial charge on any atom is -0.492 e. The summed E-state index contributed by atoms with van der Waals surface area (Å²) >= 11 is 0. The minimum absolute atomic E-state index is 0.00963. The maximum atomic E-state index is 12.6. The van der Waals surface area contributed by atoms with Crippen LogP contribution in [0.25, 0.3) is 0 Å². The fourth-order valence-corrected chi connectivity index (χ4v) is 3.13. The van der Waals surface area contributed by atoms with Gasteiger partial charge in [0.15, 0.2) is 0 Å². The Morgan fingerprint density at radius 1 is 1.19 bits per heavy atom. The van der Waals surface area contributed by atoms with Crippen LogP contribution >= 0.6 is 0 Å². The second-order valence-corrected chi connectivity index (χ2v) is 6.94. The number of amides is 2. The maximum Gasteiger partial charge on any atom is 0.244 e. The zero-order valence-electron chi connectivity index (χ0n) is 15.4. The van der Waals surface area contributed by atoms with Crippen LogP contribution in [0.2, 0.25) is 0 Å². The Balaban J connectivity index is 1.50. The van der Waals surface area contributed by atoms with Crippen LogP contribution in [0.1, 0.15) is 18.9 Å². The number of hydrogen-bond acceptors (Lipinski definition) is 4. The molecule has 2 atom stereocenters. The Bertz CT molecular complexity index is 778. The summed E-state index contributed by atoms with van der Waals surface area (Å²) < 4.78 is 5.64. The summed E-state index contributed by atoms with van der Waals surface area (Å²) in [6, 6.07) is 18.5. The van der Waals surface area contributed by atoms with Crippen molar-refractivity contribution in [2.75, 3.05) is 19.7 Å². The van der Waals surface area contributed by atoms with Gasteiger partial charge in [0.1, 0.15) is 17.9 Å². The van der Waals surface area contributed by atoms with Crippen molar-refractivity contribution in [2.45, 2.75) is 24.9 Å². The molecule has 142 valence electrons. The summed E-state index contributed by atoms with van der Waals surface area (Å²) in [5.41, 5.74) is 5.83. The van der Waals surface area contributed by atoms with E-state index in [2.05, 4.69) is 5.32 Å². The standard InChI is InChI=1S/C21H25N3O3/c1-21(22,16-8-4-2-5-9-16)20(26)23-17-14-19(25)24(15-17)12-13-27-18-10-6-3-7-11-18/h2-11,17H,12-15,22H2,1H3,(H,23,26). The first kappa shape index (κ1) is 18.9. The minimum atomic E-state index is -1.14. The van der Waals surface area contributed by atoms with Crippen molar-refractivity contribution >= 4 is 11.8 Å². The van der Waals surface area contributed by atoms with Gasteiger partial charge in [0.25, 0.3) is 0 Å². The molecule has 2 aromatic rings. The number of rotatable bonds is 7. The van der Waals surface area contributed by atoms with Crippen molar-refractivity contribution in [1.82, 2.24) is 10.2 Å². The number of nitrogens with two attached hydrogens (primary N) is 1. The molecule has 1 aliphatic heterocycles. The quantitative estimate of drug-likeness (QED) is 0.779. The lowest BCUT2D eigenvalue weighted by Gasteiger charge is -2.26. The van der Waals surface area contributed by atoms with Gasteiger partial charge in [-0.25, -0.2) is 0 Å². The number of benzene rings is 2. The van der Waals surface area contributed by atoms with E-state index in [1.807, 2.05) is 60.7 Å². The molecule has 1 heterocycles. The van der Waals surface area contributed by atoms with Crippen LogP contribution in [0, 0.1) is 0 Å². The molecule has 27 heavy (non-hydrogen) atoms. The summed E-state index contributed by atoms with van der Waals surface area (Å²) in [6.07, 6.45) is 0.280. The van der Waals surface area contributed by atoms with E-state index < -0.39 is 5.54 Å². The first-order chi connectivity index (χ1) is 13.0. The van der Waals surface area contributed by atoms with Gasteiger partial charge >= 0.3 is 0 Å². The van der Waals surface area contributed by atoms with Gasteiger partial charge < -0.3 is 20.7 Å². The summed E-state index contributed by atoms with van der Waals surface area (Å²) in [4.78, 5) is 26.6. The van der Waals surface area contributed by atoms with Crippen LogP contribution in [-0.4, -0.2) is 42.5 Å². The van der Waals surface area contributed by atoms with Crippen molar-refractivity contribution in [1.29, 1.82) is 0 Å². The van der Waals surface area contributed by atoms with Crippen LogP contribution in [0.5, 0.6) is 5.75 Å². The average Bonchev–Trinajstić information content (AvgIpc) is 3.02. The molecule has 2 amide bonds. The van der Waals surface area contributed by atoms with Gasteiger partial charge in [-0.3, -0.25) is 9.59 Å². The van der Waals surface area contributed by atoms with E-state index >= 15 is 0 Å². The highest BCUT2D eigenvalue weighted by Gasteiger charge is 2.36. The topological polar surface area (TPSA) is 84.7 Å². The first-order valence-electron chi connectivity index (χ1n) is 9.08. The zero-order chi connectivity index (χ0) is 19.3. The van der Waals surface area contributed by atoms with E-state index in [4.69, 9.17) is 10.5 Å². The number of ether oxygens (including phenoxy) is 1.